The van der Waals surface area contributed by atoms with Crippen LogP contribution in [0.2, 0.25) is 0 Å². The van der Waals surface area contributed by atoms with Crippen molar-refractivity contribution in [2.24, 2.45) is 0 Å². The van der Waals surface area contributed by atoms with Crippen LogP contribution in [0, 0.1) is 0 Å². The molecule has 0 amide bonds. The van der Waals surface area contributed by atoms with Gasteiger partial charge in [-0.1, -0.05) is 6.07 Å². The molecule has 1 aliphatic rings. The van der Waals surface area contributed by atoms with Crippen molar-refractivity contribution in [3.63, 3.8) is 0 Å². The summed E-state index contributed by atoms with van der Waals surface area (Å²) in [6, 6.07) is 5.56. The van der Waals surface area contributed by atoms with Gasteiger partial charge in [0.05, 0.1) is 13.2 Å². The number of nitrogens with one attached hydrogen (secondary N) is 1. The van der Waals surface area contributed by atoms with Crippen molar-refractivity contribution in [3.05, 3.63) is 24.4 Å². The largest absolute Gasteiger partial charge is 0.347 e. The Labute approximate surface area is 94.7 Å². The number of rotatable bonds is 4. The molecule has 1 saturated heterocycles. The summed E-state index contributed by atoms with van der Waals surface area (Å²) in [5.74, 6) is 0.661. The number of anilines is 1. The number of hydrogen-bond acceptors (Lipinski definition) is 5. The van der Waals surface area contributed by atoms with Gasteiger partial charge in [0.2, 0.25) is 0 Å². The zero-order valence-electron chi connectivity index (χ0n) is 9.47. The molecule has 0 aromatic carbocycles. The van der Waals surface area contributed by atoms with E-state index in [0.29, 0.717) is 19.0 Å². The van der Waals surface area contributed by atoms with Crippen LogP contribution in [0.25, 0.3) is 0 Å². The van der Waals surface area contributed by atoms with Crippen LogP contribution in [-0.4, -0.2) is 30.1 Å². The topological polar surface area (TPSA) is 52.6 Å². The van der Waals surface area contributed by atoms with Crippen LogP contribution < -0.4 is 5.48 Å². The molecule has 0 bridgehead atoms. The van der Waals surface area contributed by atoms with Gasteiger partial charge in [0.25, 0.3) is 0 Å². The zero-order chi connectivity index (χ0) is 11.4. The Morgan fingerprint density at radius 3 is 2.75 bits per heavy atom. The normalized spacial score (nSPS) is 17.6. The maximum Gasteiger partial charge on any atom is 0.188 e. The summed E-state index contributed by atoms with van der Waals surface area (Å²) in [5.41, 5.74) is 2.23. The van der Waals surface area contributed by atoms with E-state index in [4.69, 9.17) is 14.3 Å². The minimum absolute atomic E-state index is 0.344. The number of aromatic nitrogens is 1. The van der Waals surface area contributed by atoms with E-state index in [2.05, 4.69) is 10.5 Å². The molecule has 88 valence electrons. The first-order valence-electron chi connectivity index (χ1n) is 5.27. The average Bonchev–Trinajstić information content (AvgIpc) is 2.82. The summed E-state index contributed by atoms with van der Waals surface area (Å²) in [7, 11) is 0. The highest BCUT2D eigenvalue weighted by atomic mass is 16.8. The zero-order valence-corrected chi connectivity index (χ0v) is 9.47. The molecule has 0 saturated carbocycles. The quantitative estimate of drug-likeness (QED) is 0.787. The van der Waals surface area contributed by atoms with E-state index in [0.717, 1.165) is 0 Å². The predicted molar refractivity (Wildman–Crippen MR) is 58.7 cm³/mol. The minimum Gasteiger partial charge on any atom is -0.347 e. The second-order valence-electron chi connectivity index (χ2n) is 4.10. The van der Waals surface area contributed by atoms with Gasteiger partial charge in [-0.25, -0.2) is 10.5 Å². The Bertz CT molecular complexity index is 323. The second-order valence-corrected chi connectivity index (χ2v) is 4.10. The molecule has 1 aromatic rings. The van der Waals surface area contributed by atoms with Crippen LogP contribution >= 0.6 is 0 Å². The first kappa shape index (κ1) is 11.3. The van der Waals surface area contributed by atoms with Crippen molar-refractivity contribution < 1.29 is 14.3 Å². The highest BCUT2D eigenvalue weighted by molar-refractivity contribution is 5.30. The van der Waals surface area contributed by atoms with Gasteiger partial charge < -0.3 is 9.47 Å². The smallest absolute Gasteiger partial charge is 0.188 e. The molecule has 0 radical (unpaired) electrons. The van der Waals surface area contributed by atoms with E-state index >= 15 is 0 Å². The summed E-state index contributed by atoms with van der Waals surface area (Å²) in [6.45, 7) is 5.03. The molecule has 2 rings (SSSR count). The van der Waals surface area contributed by atoms with Crippen LogP contribution in [0.5, 0.6) is 0 Å². The van der Waals surface area contributed by atoms with Gasteiger partial charge in [-0.15, -0.1) is 0 Å². The van der Waals surface area contributed by atoms with Crippen molar-refractivity contribution >= 4 is 5.82 Å². The monoisotopic (exact) mass is 224 g/mol. The van der Waals surface area contributed by atoms with E-state index in [1.54, 1.807) is 6.20 Å². The van der Waals surface area contributed by atoms with E-state index in [-0.39, 0.29) is 6.29 Å². The van der Waals surface area contributed by atoms with Gasteiger partial charge in [0.15, 0.2) is 6.29 Å². The molecule has 0 spiro atoms. The molecule has 1 aromatic heterocycles. The van der Waals surface area contributed by atoms with Crippen molar-refractivity contribution in [2.75, 3.05) is 18.7 Å². The van der Waals surface area contributed by atoms with Crippen LogP contribution in [0.15, 0.2) is 24.4 Å². The standard InChI is InChI=1S/C11H16N2O3/c1-11(2,10-14-7-8-15-10)16-13-9-5-3-4-6-12-9/h3-6,10H,7-8H2,1-2H3,(H,12,13). The molecular formula is C11H16N2O3. The highest BCUT2D eigenvalue weighted by Gasteiger charge is 2.36. The van der Waals surface area contributed by atoms with Gasteiger partial charge in [-0.2, -0.15) is 0 Å². The van der Waals surface area contributed by atoms with Crippen molar-refractivity contribution in [2.45, 2.75) is 25.7 Å². The molecule has 1 aliphatic heterocycles. The van der Waals surface area contributed by atoms with Crippen LogP contribution in [0.4, 0.5) is 5.82 Å². The van der Waals surface area contributed by atoms with Gasteiger partial charge in [0.1, 0.15) is 11.4 Å². The van der Waals surface area contributed by atoms with E-state index in [1.807, 2.05) is 32.0 Å². The molecule has 0 atom stereocenters. The van der Waals surface area contributed by atoms with Crippen molar-refractivity contribution in [3.8, 4) is 0 Å². The predicted octanol–water partition coefficient (Wildman–Crippen LogP) is 1.58. The molecule has 5 heteroatoms. The van der Waals surface area contributed by atoms with Crippen molar-refractivity contribution in [1.29, 1.82) is 0 Å². The molecule has 1 N–H and O–H groups in total. The minimum atomic E-state index is -0.561. The van der Waals surface area contributed by atoms with Crippen molar-refractivity contribution in [1.82, 2.24) is 4.98 Å². The lowest BCUT2D eigenvalue weighted by molar-refractivity contribution is -0.178. The summed E-state index contributed by atoms with van der Waals surface area (Å²) >= 11 is 0. The van der Waals surface area contributed by atoms with Crippen LogP contribution in [0.1, 0.15) is 13.8 Å². The average molecular weight is 224 g/mol. The third-order valence-corrected chi connectivity index (χ3v) is 2.27. The lowest BCUT2D eigenvalue weighted by Gasteiger charge is -2.29. The van der Waals surface area contributed by atoms with Gasteiger partial charge in [0, 0.05) is 6.20 Å². The molecule has 5 nitrogen and oxygen atoms in total. The molecule has 0 unspecified atom stereocenters. The summed E-state index contributed by atoms with van der Waals surface area (Å²) in [6.07, 6.45) is 1.35. The number of hydrogen-bond donors (Lipinski definition) is 1. The SMILES string of the molecule is CC(C)(ONc1ccccn1)C1OCCO1. The van der Waals surface area contributed by atoms with E-state index in [9.17, 15) is 0 Å². The first-order chi connectivity index (χ1) is 7.68. The molecule has 2 heterocycles. The summed E-state index contributed by atoms with van der Waals surface area (Å²) in [4.78, 5) is 9.63. The Kier molecular flexibility index (Phi) is 3.38. The fourth-order valence-corrected chi connectivity index (χ4v) is 1.41. The molecule has 0 aliphatic carbocycles. The Morgan fingerprint density at radius 1 is 1.38 bits per heavy atom. The van der Waals surface area contributed by atoms with E-state index < -0.39 is 5.60 Å². The van der Waals surface area contributed by atoms with Crippen LogP contribution in [0.3, 0.4) is 0 Å². The number of nitrogens with zero attached hydrogens (tertiary/aromatic N) is 1. The molecule has 1 fully saturated rings. The lowest BCUT2D eigenvalue weighted by atomic mass is 10.1. The maximum absolute atomic E-state index is 5.54. The fourth-order valence-electron chi connectivity index (χ4n) is 1.41. The van der Waals surface area contributed by atoms with E-state index in [1.165, 1.54) is 0 Å². The lowest BCUT2D eigenvalue weighted by Crippen LogP contribution is -2.41. The third-order valence-electron chi connectivity index (χ3n) is 2.27. The first-order valence-corrected chi connectivity index (χ1v) is 5.27. The fraction of sp³-hybridized carbons (Fsp3) is 0.545. The second kappa shape index (κ2) is 4.78. The Morgan fingerprint density at radius 2 is 2.12 bits per heavy atom. The van der Waals surface area contributed by atoms with Gasteiger partial charge in [-0.05, 0) is 26.0 Å². The third kappa shape index (κ3) is 2.69. The number of ether oxygens (including phenoxy) is 2. The van der Waals surface area contributed by atoms with Crippen LogP contribution in [-0.2, 0) is 14.3 Å². The highest BCUT2D eigenvalue weighted by Crippen LogP contribution is 2.22. The number of pyridine rings is 1. The summed E-state index contributed by atoms with van der Waals surface area (Å²) in [5, 5.41) is 0. The summed E-state index contributed by atoms with van der Waals surface area (Å²) < 4.78 is 10.8. The van der Waals surface area contributed by atoms with Gasteiger partial charge in [-0.3, -0.25) is 4.84 Å². The Balaban J connectivity index is 1.89. The maximum atomic E-state index is 5.54. The molecular weight excluding hydrogens is 208 g/mol. The Hall–Kier alpha value is -1.17. The molecule has 16 heavy (non-hydrogen) atoms. The van der Waals surface area contributed by atoms with Gasteiger partial charge >= 0.3 is 0 Å².